The van der Waals surface area contributed by atoms with Crippen molar-refractivity contribution in [2.24, 2.45) is 0 Å². The first-order valence-corrected chi connectivity index (χ1v) is 9.41. The Morgan fingerprint density at radius 2 is 1.75 bits per heavy atom. The van der Waals surface area contributed by atoms with E-state index in [0.717, 1.165) is 16.8 Å². The van der Waals surface area contributed by atoms with Crippen LogP contribution in [-0.4, -0.2) is 34.7 Å². The van der Waals surface area contributed by atoms with Crippen molar-refractivity contribution in [2.75, 3.05) is 11.5 Å². The molecule has 0 radical (unpaired) electrons. The Kier molecular flexibility index (Phi) is 4.85. The van der Waals surface area contributed by atoms with E-state index in [1.54, 1.807) is 12.4 Å². The molecule has 1 aromatic carbocycles. The molecule has 140 valence electrons. The molecular weight excluding hydrogens is 374 g/mol. The predicted octanol–water partition coefficient (Wildman–Crippen LogP) is 2.28. The standard InChI is InChI=1S/C18H17N9S/c1-11-5-2-3-7-13(11)27-15(12-6-4-8-21-9-12)25-26-18(27)28-10-14-22-16(19)24-17(20)23-14/h2-9H,10H2,1H3,(H4,19,20,22,23,24). The Morgan fingerprint density at radius 1 is 0.964 bits per heavy atom. The van der Waals surface area contributed by atoms with Gasteiger partial charge in [0, 0.05) is 18.0 Å². The van der Waals surface area contributed by atoms with Crippen LogP contribution in [0.15, 0.2) is 53.9 Å². The Labute approximate surface area is 165 Å². The third-order valence-corrected chi connectivity index (χ3v) is 4.88. The fourth-order valence-electron chi connectivity index (χ4n) is 2.73. The molecule has 3 heterocycles. The molecule has 0 aliphatic carbocycles. The van der Waals surface area contributed by atoms with E-state index in [2.05, 4.69) is 30.1 Å². The molecule has 4 N–H and O–H groups in total. The van der Waals surface area contributed by atoms with Crippen LogP contribution in [0.5, 0.6) is 0 Å². The molecule has 0 saturated carbocycles. The number of benzene rings is 1. The lowest BCUT2D eigenvalue weighted by Crippen LogP contribution is -2.06. The van der Waals surface area contributed by atoms with E-state index in [9.17, 15) is 0 Å². The molecule has 0 unspecified atom stereocenters. The fourth-order valence-corrected chi connectivity index (χ4v) is 3.53. The van der Waals surface area contributed by atoms with Crippen molar-refractivity contribution in [2.45, 2.75) is 17.8 Å². The molecule has 0 saturated heterocycles. The summed E-state index contributed by atoms with van der Waals surface area (Å²) in [4.78, 5) is 16.2. The minimum atomic E-state index is 0.0968. The lowest BCUT2D eigenvalue weighted by molar-refractivity contribution is 0.877. The summed E-state index contributed by atoms with van der Waals surface area (Å²) >= 11 is 1.44. The van der Waals surface area contributed by atoms with E-state index >= 15 is 0 Å². The molecule has 0 aliphatic rings. The van der Waals surface area contributed by atoms with Gasteiger partial charge in [-0.05, 0) is 30.7 Å². The highest BCUT2D eigenvalue weighted by atomic mass is 32.2. The van der Waals surface area contributed by atoms with E-state index in [1.807, 2.05) is 47.9 Å². The highest BCUT2D eigenvalue weighted by molar-refractivity contribution is 7.98. The largest absolute Gasteiger partial charge is 0.368 e. The van der Waals surface area contributed by atoms with E-state index in [1.165, 1.54) is 11.8 Å². The molecule has 0 fully saturated rings. The van der Waals surface area contributed by atoms with Gasteiger partial charge in [-0.25, -0.2) is 0 Å². The number of aromatic nitrogens is 7. The van der Waals surface area contributed by atoms with Crippen molar-refractivity contribution >= 4 is 23.7 Å². The zero-order valence-corrected chi connectivity index (χ0v) is 15.8. The third-order valence-electron chi connectivity index (χ3n) is 3.96. The van der Waals surface area contributed by atoms with Crippen molar-refractivity contribution in [3.63, 3.8) is 0 Å². The Morgan fingerprint density at radius 3 is 2.46 bits per heavy atom. The van der Waals surface area contributed by atoms with Gasteiger partial charge in [0.15, 0.2) is 11.0 Å². The summed E-state index contributed by atoms with van der Waals surface area (Å²) in [6.45, 7) is 2.05. The number of nitrogens with zero attached hydrogens (tertiary/aromatic N) is 7. The van der Waals surface area contributed by atoms with Gasteiger partial charge >= 0.3 is 0 Å². The maximum absolute atomic E-state index is 5.66. The van der Waals surface area contributed by atoms with Gasteiger partial charge in [-0.3, -0.25) is 9.55 Å². The van der Waals surface area contributed by atoms with Crippen molar-refractivity contribution in [3.05, 3.63) is 60.2 Å². The molecule has 0 bridgehead atoms. The summed E-state index contributed by atoms with van der Waals surface area (Å²) in [5.74, 6) is 1.81. The Balaban J connectivity index is 1.75. The average molecular weight is 391 g/mol. The zero-order valence-electron chi connectivity index (χ0n) is 15.0. The van der Waals surface area contributed by atoms with Crippen LogP contribution in [-0.2, 0) is 5.75 Å². The minimum absolute atomic E-state index is 0.0968. The summed E-state index contributed by atoms with van der Waals surface area (Å²) < 4.78 is 2.00. The van der Waals surface area contributed by atoms with E-state index in [-0.39, 0.29) is 11.9 Å². The van der Waals surface area contributed by atoms with Crippen LogP contribution in [0.3, 0.4) is 0 Å². The first-order chi connectivity index (χ1) is 13.6. The van der Waals surface area contributed by atoms with E-state index < -0.39 is 0 Å². The average Bonchev–Trinajstić information content (AvgIpc) is 3.10. The maximum atomic E-state index is 5.66. The lowest BCUT2D eigenvalue weighted by atomic mass is 10.2. The molecule has 0 aliphatic heterocycles. The fraction of sp³-hybridized carbons (Fsp3) is 0.111. The normalized spacial score (nSPS) is 10.9. The first-order valence-electron chi connectivity index (χ1n) is 8.42. The monoisotopic (exact) mass is 391 g/mol. The second kappa shape index (κ2) is 7.61. The SMILES string of the molecule is Cc1ccccc1-n1c(SCc2nc(N)nc(N)n2)nnc1-c1cccnc1. The van der Waals surface area contributed by atoms with Gasteiger partial charge in [-0.2, -0.15) is 15.0 Å². The van der Waals surface area contributed by atoms with Crippen LogP contribution in [0.25, 0.3) is 17.1 Å². The number of hydrogen-bond acceptors (Lipinski definition) is 9. The second-order valence-electron chi connectivity index (χ2n) is 5.93. The minimum Gasteiger partial charge on any atom is -0.368 e. The molecule has 0 atom stereocenters. The van der Waals surface area contributed by atoms with Gasteiger partial charge in [0.2, 0.25) is 11.9 Å². The second-order valence-corrected chi connectivity index (χ2v) is 6.87. The van der Waals surface area contributed by atoms with Crippen LogP contribution >= 0.6 is 11.8 Å². The first kappa shape index (κ1) is 17.9. The number of nitrogens with two attached hydrogens (primary N) is 2. The highest BCUT2D eigenvalue weighted by Crippen LogP contribution is 2.30. The molecule has 28 heavy (non-hydrogen) atoms. The molecule has 4 rings (SSSR count). The van der Waals surface area contributed by atoms with Crippen LogP contribution < -0.4 is 11.5 Å². The maximum Gasteiger partial charge on any atom is 0.225 e. The summed E-state index contributed by atoms with van der Waals surface area (Å²) in [6, 6.07) is 11.9. The van der Waals surface area contributed by atoms with Crippen molar-refractivity contribution in [1.29, 1.82) is 0 Å². The van der Waals surface area contributed by atoms with E-state index in [0.29, 0.717) is 22.6 Å². The van der Waals surface area contributed by atoms with Gasteiger partial charge in [-0.15, -0.1) is 10.2 Å². The third kappa shape index (κ3) is 3.62. The smallest absolute Gasteiger partial charge is 0.225 e. The van der Waals surface area contributed by atoms with Gasteiger partial charge in [0.1, 0.15) is 5.82 Å². The number of rotatable bonds is 5. The topological polar surface area (TPSA) is 134 Å². The van der Waals surface area contributed by atoms with Crippen molar-refractivity contribution in [1.82, 2.24) is 34.7 Å². The number of anilines is 2. The number of para-hydroxylation sites is 1. The molecule has 0 spiro atoms. The molecule has 9 nitrogen and oxygen atoms in total. The van der Waals surface area contributed by atoms with Crippen LogP contribution in [0.4, 0.5) is 11.9 Å². The Hall–Kier alpha value is -3.53. The van der Waals surface area contributed by atoms with Crippen LogP contribution in [0.2, 0.25) is 0 Å². The summed E-state index contributed by atoms with van der Waals surface area (Å²) in [6.07, 6.45) is 3.49. The number of nitrogen functional groups attached to an aromatic ring is 2. The molecule has 0 amide bonds. The van der Waals surface area contributed by atoms with Gasteiger partial charge in [0.05, 0.1) is 11.4 Å². The number of pyridine rings is 1. The quantitative estimate of drug-likeness (QED) is 0.491. The number of aryl methyl sites for hydroxylation is 1. The molecule has 4 aromatic rings. The summed E-state index contributed by atoms with van der Waals surface area (Å²) in [5.41, 5.74) is 14.3. The zero-order chi connectivity index (χ0) is 19.5. The van der Waals surface area contributed by atoms with Crippen molar-refractivity contribution in [3.8, 4) is 17.1 Å². The van der Waals surface area contributed by atoms with Gasteiger partial charge < -0.3 is 11.5 Å². The van der Waals surface area contributed by atoms with Crippen molar-refractivity contribution < 1.29 is 0 Å². The van der Waals surface area contributed by atoms with Gasteiger partial charge in [-0.1, -0.05) is 30.0 Å². The lowest BCUT2D eigenvalue weighted by Gasteiger charge is -2.12. The van der Waals surface area contributed by atoms with Gasteiger partial charge in [0.25, 0.3) is 0 Å². The summed E-state index contributed by atoms with van der Waals surface area (Å²) in [5, 5.41) is 9.48. The van der Waals surface area contributed by atoms with E-state index in [4.69, 9.17) is 11.5 Å². The molecule has 3 aromatic heterocycles. The summed E-state index contributed by atoms with van der Waals surface area (Å²) in [7, 11) is 0. The molecule has 10 heteroatoms. The highest BCUT2D eigenvalue weighted by Gasteiger charge is 2.18. The molecular formula is C18H17N9S. The van der Waals surface area contributed by atoms with Crippen LogP contribution in [0, 0.1) is 6.92 Å². The van der Waals surface area contributed by atoms with Crippen LogP contribution in [0.1, 0.15) is 11.4 Å². The predicted molar refractivity (Wildman–Crippen MR) is 108 cm³/mol. The number of hydrogen-bond donors (Lipinski definition) is 2. The Bertz CT molecular complexity index is 1090. The number of thioether (sulfide) groups is 1.